The van der Waals surface area contributed by atoms with Crippen LogP contribution in [0.25, 0.3) is 0 Å². The van der Waals surface area contributed by atoms with Crippen LogP contribution in [-0.4, -0.2) is 16.8 Å². The number of aromatic nitrogens is 2. The molecule has 0 bridgehead atoms. The van der Waals surface area contributed by atoms with Crippen molar-refractivity contribution >= 4 is 0 Å². The third-order valence-electron chi connectivity index (χ3n) is 2.64. The lowest BCUT2D eigenvalue weighted by atomic mass is 10.0. The maximum atomic E-state index is 13.7. The van der Waals surface area contributed by atoms with Gasteiger partial charge in [-0.1, -0.05) is 6.07 Å². The van der Waals surface area contributed by atoms with Gasteiger partial charge in [-0.2, -0.15) is 5.10 Å². The second-order valence-corrected chi connectivity index (χ2v) is 3.80. The van der Waals surface area contributed by atoms with Crippen LogP contribution in [0.3, 0.4) is 0 Å². The van der Waals surface area contributed by atoms with E-state index in [1.165, 1.54) is 18.2 Å². The molecule has 90 valence electrons. The smallest absolute Gasteiger partial charge is 0.131 e. The molecule has 1 atom stereocenters. The molecule has 0 fully saturated rings. The van der Waals surface area contributed by atoms with Gasteiger partial charge in [-0.3, -0.25) is 4.68 Å². The lowest BCUT2D eigenvalue weighted by molar-refractivity contribution is 0.522. The van der Waals surface area contributed by atoms with Gasteiger partial charge >= 0.3 is 0 Å². The number of benzene rings is 1. The van der Waals surface area contributed by atoms with Gasteiger partial charge in [0.15, 0.2) is 0 Å². The Morgan fingerprint density at radius 1 is 1.29 bits per heavy atom. The molecule has 0 saturated carbocycles. The van der Waals surface area contributed by atoms with Crippen molar-refractivity contribution in [2.45, 2.75) is 6.04 Å². The maximum Gasteiger partial charge on any atom is 0.131 e. The molecule has 1 aromatic carbocycles. The van der Waals surface area contributed by atoms with E-state index in [2.05, 4.69) is 10.4 Å². The Labute approximate surface area is 98.1 Å². The predicted molar refractivity (Wildman–Crippen MR) is 60.5 cm³/mol. The van der Waals surface area contributed by atoms with Crippen molar-refractivity contribution in [3.05, 3.63) is 53.4 Å². The van der Waals surface area contributed by atoms with Crippen LogP contribution in [0, 0.1) is 11.6 Å². The quantitative estimate of drug-likeness (QED) is 0.885. The Morgan fingerprint density at radius 3 is 2.41 bits per heavy atom. The highest BCUT2D eigenvalue weighted by atomic mass is 19.1. The first-order valence-corrected chi connectivity index (χ1v) is 5.23. The van der Waals surface area contributed by atoms with Crippen LogP contribution in [0.1, 0.15) is 17.2 Å². The minimum Gasteiger partial charge on any atom is -0.309 e. The van der Waals surface area contributed by atoms with Crippen molar-refractivity contribution in [2.24, 2.45) is 7.05 Å². The summed E-state index contributed by atoms with van der Waals surface area (Å²) in [5.74, 6) is -1.12. The topological polar surface area (TPSA) is 29.9 Å². The molecule has 0 aliphatic carbocycles. The SMILES string of the molecule is CNC(c1cnn(C)c1)c1c(F)cccc1F. The molecule has 2 rings (SSSR count). The highest BCUT2D eigenvalue weighted by Crippen LogP contribution is 2.26. The maximum absolute atomic E-state index is 13.7. The molecule has 1 aromatic heterocycles. The van der Waals surface area contributed by atoms with Crippen molar-refractivity contribution in [1.82, 2.24) is 15.1 Å². The van der Waals surface area contributed by atoms with Gasteiger partial charge in [-0.15, -0.1) is 0 Å². The average Bonchev–Trinajstić information content (AvgIpc) is 2.70. The molecule has 1 unspecified atom stereocenters. The van der Waals surface area contributed by atoms with Gasteiger partial charge in [0, 0.05) is 24.4 Å². The zero-order valence-electron chi connectivity index (χ0n) is 9.61. The summed E-state index contributed by atoms with van der Waals surface area (Å²) in [6.07, 6.45) is 3.32. The fourth-order valence-electron chi connectivity index (χ4n) is 1.85. The standard InChI is InChI=1S/C12H13F2N3/c1-15-12(8-6-16-17(2)7-8)11-9(13)4-3-5-10(11)14/h3-7,12,15H,1-2H3. The number of halogens is 2. The second-order valence-electron chi connectivity index (χ2n) is 3.80. The monoisotopic (exact) mass is 237 g/mol. The highest BCUT2D eigenvalue weighted by Gasteiger charge is 2.21. The molecule has 0 spiro atoms. The van der Waals surface area contributed by atoms with E-state index in [4.69, 9.17) is 0 Å². The summed E-state index contributed by atoms with van der Waals surface area (Å²) in [7, 11) is 3.41. The predicted octanol–water partition coefficient (Wildman–Crippen LogP) is 2.01. The summed E-state index contributed by atoms with van der Waals surface area (Å²) in [4.78, 5) is 0. The Hall–Kier alpha value is -1.75. The van der Waals surface area contributed by atoms with Gasteiger partial charge in [0.2, 0.25) is 0 Å². The van der Waals surface area contributed by atoms with E-state index >= 15 is 0 Å². The Balaban J connectivity index is 2.49. The van der Waals surface area contributed by atoms with Crippen LogP contribution in [0.5, 0.6) is 0 Å². The zero-order valence-corrected chi connectivity index (χ0v) is 9.61. The summed E-state index contributed by atoms with van der Waals surface area (Å²) >= 11 is 0. The van der Waals surface area contributed by atoms with Gasteiger partial charge in [-0.05, 0) is 19.2 Å². The molecule has 1 heterocycles. The Morgan fingerprint density at radius 2 is 1.94 bits per heavy atom. The number of nitrogens with one attached hydrogen (secondary N) is 1. The summed E-state index contributed by atoms with van der Waals surface area (Å²) in [6, 6.07) is 3.31. The van der Waals surface area contributed by atoms with E-state index < -0.39 is 17.7 Å². The van der Waals surface area contributed by atoms with Gasteiger partial charge in [-0.25, -0.2) is 8.78 Å². The summed E-state index contributed by atoms with van der Waals surface area (Å²) in [5.41, 5.74) is 0.738. The minimum absolute atomic E-state index is 0.0167. The van der Waals surface area contributed by atoms with Crippen molar-refractivity contribution < 1.29 is 8.78 Å². The molecule has 0 aliphatic heterocycles. The number of rotatable bonds is 3. The first-order chi connectivity index (χ1) is 8.13. The van der Waals surface area contributed by atoms with Crippen LogP contribution in [0.15, 0.2) is 30.6 Å². The van der Waals surface area contributed by atoms with E-state index in [0.29, 0.717) is 0 Å². The fraction of sp³-hybridized carbons (Fsp3) is 0.250. The lowest BCUT2D eigenvalue weighted by Crippen LogP contribution is -2.20. The molecule has 0 radical (unpaired) electrons. The number of hydrogen-bond donors (Lipinski definition) is 1. The zero-order chi connectivity index (χ0) is 12.4. The van der Waals surface area contributed by atoms with Crippen molar-refractivity contribution in [3.8, 4) is 0 Å². The highest BCUT2D eigenvalue weighted by molar-refractivity contribution is 5.31. The average molecular weight is 237 g/mol. The largest absolute Gasteiger partial charge is 0.309 e. The number of hydrogen-bond acceptors (Lipinski definition) is 2. The van der Waals surface area contributed by atoms with Gasteiger partial charge in [0.1, 0.15) is 11.6 Å². The second kappa shape index (κ2) is 4.63. The van der Waals surface area contributed by atoms with Gasteiger partial charge < -0.3 is 5.32 Å². The van der Waals surface area contributed by atoms with Crippen LogP contribution < -0.4 is 5.32 Å². The normalized spacial score (nSPS) is 12.7. The van der Waals surface area contributed by atoms with Crippen LogP contribution in [-0.2, 0) is 7.05 Å². The molecule has 3 nitrogen and oxygen atoms in total. The van der Waals surface area contributed by atoms with E-state index in [9.17, 15) is 8.78 Å². The van der Waals surface area contributed by atoms with E-state index in [1.807, 2.05) is 0 Å². The molecule has 0 saturated heterocycles. The molecule has 0 aliphatic rings. The molecule has 0 amide bonds. The molecular weight excluding hydrogens is 224 g/mol. The van der Waals surface area contributed by atoms with Crippen molar-refractivity contribution in [3.63, 3.8) is 0 Å². The summed E-state index contributed by atoms with van der Waals surface area (Å²) < 4.78 is 28.9. The van der Waals surface area contributed by atoms with Crippen LogP contribution >= 0.6 is 0 Å². The fourth-order valence-corrected chi connectivity index (χ4v) is 1.85. The molecular formula is C12H13F2N3. The molecule has 2 aromatic rings. The number of aryl methyl sites for hydroxylation is 1. The molecule has 17 heavy (non-hydrogen) atoms. The van der Waals surface area contributed by atoms with E-state index in [1.54, 1.807) is 31.2 Å². The number of nitrogens with zero attached hydrogens (tertiary/aromatic N) is 2. The Bertz CT molecular complexity index is 502. The summed E-state index contributed by atoms with van der Waals surface area (Å²) in [6.45, 7) is 0. The lowest BCUT2D eigenvalue weighted by Gasteiger charge is -2.16. The van der Waals surface area contributed by atoms with Crippen molar-refractivity contribution in [1.29, 1.82) is 0 Å². The molecule has 1 N–H and O–H groups in total. The van der Waals surface area contributed by atoms with Crippen LogP contribution in [0.2, 0.25) is 0 Å². The minimum atomic E-state index is -0.562. The van der Waals surface area contributed by atoms with E-state index in [0.717, 1.165) is 5.56 Å². The van der Waals surface area contributed by atoms with Gasteiger partial charge in [0.05, 0.1) is 12.2 Å². The molecule has 5 heteroatoms. The Kier molecular flexibility index (Phi) is 3.19. The van der Waals surface area contributed by atoms with Crippen LogP contribution in [0.4, 0.5) is 8.78 Å². The summed E-state index contributed by atoms with van der Waals surface area (Å²) in [5, 5.41) is 6.90. The van der Waals surface area contributed by atoms with Crippen molar-refractivity contribution in [2.75, 3.05) is 7.05 Å². The first-order valence-electron chi connectivity index (χ1n) is 5.23. The third kappa shape index (κ3) is 2.19. The third-order valence-corrected chi connectivity index (χ3v) is 2.64. The van der Waals surface area contributed by atoms with Gasteiger partial charge in [0.25, 0.3) is 0 Å². The first kappa shape index (κ1) is 11.7. The van der Waals surface area contributed by atoms with E-state index in [-0.39, 0.29) is 5.56 Å².